The molecule has 1 fully saturated rings. The van der Waals surface area contributed by atoms with E-state index >= 15 is 0 Å². The van der Waals surface area contributed by atoms with Crippen molar-refractivity contribution in [3.05, 3.63) is 29.8 Å². The molecule has 0 radical (unpaired) electrons. The predicted octanol–water partition coefficient (Wildman–Crippen LogP) is 4.49. The number of rotatable bonds is 3. The van der Waals surface area contributed by atoms with Gasteiger partial charge in [-0.05, 0) is 30.5 Å². The monoisotopic (exact) mass is 309 g/mol. The number of alkyl halides is 1. The maximum atomic E-state index is 12.3. The van der Waals surface area contributed by atoms with Crippen molar-refractivity contribution in [1.29, 1.82) is 0 Å². The minimum atomic E-state index is -0.174. The molecule has 1 aromatic rings. The normalized spacial score (nSPS) is 18.3. The molecule has 0 bridgehead atoms. The summed E-state index contributed by atoms with van der Waals surface area (Å²) in [6.45, 7) is 2.09. The molecule has 0 heterocycles. The van der Waals surface area contributed by atoms with Crippen LogP contribution in [0.3, 0.4) is 0 Å². The Labute approximate surface area is 117 Å². The first-order valence-corrected chi connectivity index (χ1v) is 7.72. The van der Waals surface area contributed by atoms with Gasteiger partial charge in [-0.2, -0.15) is 0 Å². The molecule has 0 aliphatic heterocycles. The van der Waals surface area contributed by atoms with Gasteiger partial charge in [0.2, 0.25) is 5.91 Å². The van der Waals surface area contributed by atoms with Crippen LogP contribution in [0.25, 0.3) is 0 Å². The first-order valence-electron chi connectivity index (χ1n) is 6.60. The van der Waals surface area contributed by atoms with Crippen LogP contribution in [0.4, 0.5) is 5.69 Å². The Morgan fingerprint density at radius 3 is 2.39 bits per heavy atom. The maximum absolute atomic E-state index is 12.3. The Kier molecular flexibility index (Phi) is 4.44. The molecule has 1 N–H and O–H groups in total. The highest BCUT2D eigenvalue weighted by molar-refractivity contribution is 9.08. The summed E-state index contributed by atoms with van der Waals surface area (Å²) in [5.74, 6) is 0.175. The van der Waals surface area contributed by atoms with Gasteiger partial charge in [0.1, 0.15) is 0 Å². The molecule has 1 aliphatic carbocycles. The van der Waals surface area contributed by atoms with E-state index in [0.717, 1.165) is 23.9 Å². The highest BCUT2D eigenvalue weighted by Gasteiger charge is 2.34. The molecule has 2 rings (SSSR count). The summed E-state index contributed by atoms with van der Waals surface area (Å²) in [6.07, 6.45) is 5.64. The fraction of sp³-hybridized carbons (Fsp3) is 0.533. The molecule has 98 valence electrons. The summed E-state index contributed by atoms with van der Waals surface area (Å²) >= 11 is 3.42. The lowest BCUT2D eigenvalue weighted by molar-refractivity contribution is -0.126. The van der Waals surface area contributed by atoms with E-state index in [4.69, 9.17) is 0 Å². The third kappa shape index (κ3) is 3.14. The number of benzene rings is 1. The van der Waals surface area contributed by atoms with E-state index in [0.29, 0.717) is 0 Å². The quantitative estimate of drug-likeness (QED) is 0.819. The smallest absolute Gasteiger partial charge is 0.230 e. The highest BCUT2D eigenvalue weighted by Crippen LogP contribution is 2.36. The zero-order chi connectivity index (χ0) is 13.0. The van der Waals surface area contributed by atoms with Gasteiger partial charge in [0.25, 0.3) is 0 Å². The minimum Gasteiger partial charge on any atom is -0.326 e. The molecule has 18 heavy (non-hydrogen) atoms. The second-order valence-electron chi connectivity index (χ2n) is 5.41. The SMILES string of the molecule is CC1(C(=O)Nc2ccc(CBr)cc2)CCCCC1. The van der Waals surface area contributed by atoms with Crippen LogP contribution in [-0.2, 0) is 10.1 Å². The lowest BCUT2D eigenvalue weighted by atomic mass is 9.75. The molecule has 2 nitrogen and oxygen atoms in total. The molecule has 1 aliphatic rings. The van der Waals surface area contributed by atoms with Gasteiger partial charge in [-0.1, -0.05) is 54.2 Å². The zero-order valence-corrected chi connectivity index (χ0v) is 12.4. The van der Waals surface area contributed by atoms with E-state index in [2.05, 4.69) is 28.2 Å². The summed E-state index contributed by atoms with van der Waals surface area (Å²) in [4.78, 5) is 12.3. The van der Waals surface area contributed by atoms with E-state index in [1.165, 1.54) is 24.8 Å². The Hall–Kier alpha value is -0.830. The second-order valence-corrected chi connectivity index (χ2v) is 5.97. The van der Waals surface area contributed by atoms with Crippen LogP contribution in [0, 0.1) is 5.41 Å². The summed E-state index contributed by atoms with van der Waals surface area (Å²) < 4.78 is 0. The molecule has 0 saturated heterocycles. The molecule has 0 spiro atoms. The van der Waals surface area contributed by atoms with Crippen LogP contribution in [0.5, 0.6) is 0 Å². The number of anilines is 1. The Bertz CT molecular complexity index is 407. The molecule has 1 amide bonds. The van der Waals surface area contributed by atoms with Crippen molar-refractivity contribution >= 4 is 27.5 Å². The average molecular weight is 310 g/mol. The molecular formula is C15H20BrNO. The van der Waals surface area contributed by atoms with Gasteiger partial charge >= 0.3 is 0 Å². The number of carbonyl (C=O) groups is 1. The van der Waals surface area contributed by atoms with Gasteiger partial charge in [-0.25, -0.2) is 0 Å². The number of halogens is 1. The third-order valence-corrected chi connectivity index (χ3v) is 4.52. The first kappa shape index (κ1) is 13.6. The molecule has 0 atom stereocenters. The Morgan fingerprint density at radius 2 is 1.83 bits per heavy atom. The fourth-order valence-corrected chi connectivity index (χ4v) is 2.89. The zero-order valence-electron chi connectivity index (χ0n) is 10.8. The Morgan fingerprint density at radius 1 is 1.22 bits per heavy atom. The van der Waals surface area contributed by atoms with Crippen molar-refractivity contribution in [2.45, 2.75) is 44.4 Å². The maximum Gasteiger partial charge on any atom is 0.230 e. The lowest BCUT2D eigenvalue weighted by Gasteiger charge is -2.32. The summed E-state index contributed by atoms with van der Waals surface area (Å²) in [5, 5.41) is 3.90. The van der Waals surface area contributed by atoms with E-state index in [9.17, 15) is 4.79 Å². The van der Waals surface area contributed by atoms with Gasteiger partial charge in [-0.15, -0.1) is 0 Å². The van der Waals surface area contributed by atoms with E-state index in [1.54, 1.807) is 0 Å². The minimum absolute atomic E-state index is 0.174. The Balaban J connectivity index is 2.01. The fourth-order valence-electron chi connectivity index (χ4n) is 2.52. The van der Waals surface area contributed by atoms with Crippen LogP contribution in [0.15, 0.2) is 24.3 Å². The summed E-state index contributed by atoms with van der Waals surface area (Å²) in [6, 6.07) is 8.02. The largest absolute Gasteiger partial charge is 0.326 e. The van der Waals surface area contributed by atoms with E-state index in [1.807, 2.05) is 24.3 Å². The number of nitrogens with one attached hydrogen (secondary N) is 1. The number of amides is 1. The van der Waals surface area contributed by atoms with Crippen LogP contribution in [-0.4, -0.2) is 5.91 Å². The lowest BCUT2D eigenvalue weighted by Crippen LogP contribution is -2.35. The average Bonchev–Trinajstić information content (AvgIpc) is 2.40. The third-order valence-electron chi connectivity index (χ3n) is 3.87. The highest BCUT2D eigenvalue weighted by atomic mass is 79.9. The standard InChI is InChI=1S/C15H20BrNO/c1-15(9-3-2-4-10-15)14(18)17-13-7-5-12(11-16)6-8-13/h5-8H,2-4,9-11H2,1H3,(H,17,18). The van der Waals surface area contributed by atoms with E-state index in [-0.39, 0.29) is 11.3 Å². The van der Waals surface area contributed by atoms with Crippen LogP contribution < -0.4 is 5.32 Å². The van der Waals surface area contributed by atoms with Gasteiger partial charge in [-0.3, -0.25) is 4.79 Å². The van der Waals surface area contributed by atoms with Crippen molar-refractivity contribution in [2.75, 3.05) is 5.32 Å². The second kappa shape index (κ2) is 5.87. The molecule has 1 saturated carbocycles. The molecule has 0 unspecified atom stereocenters. The van der Waals surface area contributed by atoms with Crippen LogP contribution >= 0.6 is 15.9 Å². The van der Waals surface area contributed by atoms with Gasteiger partial charge < -0.3 is 5.32 Å². The number of hydrogen-bond acceptors (Lipinski definition) is 1. The topological polar surface area (TPSA) is 29.1 Å². The molecule has 1 aromatic carbocycles. The summed E-state index contributed by atoms with van der Waals surface area (Å²) in [5.41, 5.74) is 1.94. The molecule has 3 heteroatoms. The molecular weight excluding hydrogens is 290 g/mol. The number of carbonyl (C=O) groups excluding carboxylic acids is 1. The summed E-state index contributed by atoms with van der Waals surface area (Å²) in [7, 11) is 0. The molecule has 0 aromatic heterocycles. The van der Waals surface area contributed by atoms with Crippen molar-refractivity contribution < 1.29 is 4.79 Å². The number of hydrogen-bond donors (Lipinski definition) is 1. The van der Waals surface area contributed by atoms with Crippen LogP contribution in [0.2, 0.25) is 0 Å². The van der Waals surface area contributed by atoms with Gasteiger partial charge in [0, 0.05) is 16.4 Å². The van der Waals surface area contributed by atoms with Crippen molar-refractivity contribution in [3.63, 3.8) is 0 Å². The van der Waals surface area contributed by atoms with Gasteiger partial charge in [0.15, 0.2) is 0 Å². The van der Waals surface area contributed by atoms with Crippen LogP contribution in [0.1, 0.15) is 44.6 Å². The van der Waals surface area contributed by atoms with E-state index < -0.39 is 0 Å². The van der Waals surface area contributed by atoms with Crippen molar-refractivity contribution in [3.8, 4) is 0 Å². The van der Waals surface area contributed by atoms with Gasteiger partial charge in [0.05, 0.1) is 0 Å². The van der Waals surface area contributed by atoms with Crippen molar-refractivity contribution in [1.82, 2.24) is 0 Å². The first-order chi connectivity index (χ1) is 8.64. The predicted molar refractivity (Wildman–Crippen MR) is 78.9 cm³/mol. The van der Waals surface area contributed by atoms with Crippen molar-refractivity contribution in [2.24, 2.45) is 5.41 Å².